The third-order valence-electron chi connectivity index (χ3n) is 6.85. The molecule has 0 radical (unpaired) electrons. The summed E-state index contributed by atoms with van der Waals surface area (Å²) >= 11 is 0. The molecule has 4 rings (SSSR count). The molecule has 1 fully saturated rings. The fraction of sp³-hybridized carbons (Fsp3) is 0.296. The first-order chi connectivity index (χ1) is 14.8. The Kier molecular flexibility index (Phi) is 5.92. The molecule has 31 heavy (non-hydrogen) atoms. The molecule has 0 aliphatic carbocycles. The summed E-state index contributed by atoms with van der Waals surface area (Å²) in [7, 11) is 0. The maximum Gasteiger partial charge on any atom is 0.335 e. The van der Waals surface area contributed by atoms with E-state index < -0.39 is 5.97 Å². The summed E-state index contributed by atoms with van der Waals surface area (Å²) in [6.07, 6.45) is 0.981. The molecule has 1 aliphatic heterocycles. The predicted molar refractivity (Wildman–Crippen MR) is 122 cm³/mol. The van der Waals surface area contributed by atoms with Crippen molar-refractivity contribution in [2.45, 2.75) is 32.2 Å². The van der Waals surface area contributed by atoms with Crippen LogP contribution in [-0.2, 0) is 12.0 Å². The molecule has 160 valence electrons. The number of benzene rings is 3. The first kappa shape index (κ1) is 21.3. The topological polar surface area (TPSA) is 40.5 Å². The number of carboxylic acids is 1. The van der Waals surface area contributed by atoms with Crippen LogP contribution in [0.5, 0.6) is 0 Å². The van der Waals surface area contributed by atoms with Crippen LogP contribution in [0.3, 0.4) is 0 Å². The van der Waals surface area contributed by atoms with Crippen LogP contribution >= 0.6 is 0 Å². The van der Waals surface area contributed by atoms with Crippen molar-refractivity contribution >= 4 is 5.97 Å². The number of hydrogen-bond donors (Lipinski definition) is 1. The van der Waals surface area contributed by atoms with Gasteiger partial charge in [0.15, 0.2) is 0 Å². The summed E-state index contributed by atoms with van der Waals surface area (Å²) < 4.78 is 13.2. The highest BCUT2D eigenvalue weighted by Gasteiger charge is 2.38. The number of carboxylic acid groups (broad SMARTS) is 1. The minimum atomic E-state index is -0.878. The van der Waals surface area contributed by atoms with E-state index in [9.17, 15) is 14.3 Å². The first-order valence-electron chi connectivity index (χ1n) is 10.8. The van der Waals surface area contributed by atoms with Gasteiger partial charge in [-0.1, -0.05) is 56.3 Å². The van der Waals surface area contributed by atoms with Crippen LogP contribution in [0.25, 0.3) is 11.1 Å². The van der Waals surface area contributed by atoms with Crippen LogP contribution in [0, 0.1) is 11.7 Å². The van der Waals surface area contributed by atoms with Gasteiger partial charge in [0.25, 0.3) is 0 Å². The summed E-state index contributed by atoms with van der Waals surface area (Å²) in [6, 6.07) is 22.5. The molecule has 0 bridgehead atoms. The number of likely N-dealkylation sites (tertiary alicyclic amines) is 1. The fourth-order valence-corrected chi connectivity index (χ4v) is 4.65. The number of nitrogens with zero attached hydrogens (tertiary/aromatic N) is 1. The normalized spacial score (nSPS) is 21.7. The molecule has 2 unspecified atom stereocenters. The number of piperidine rings is 1. The van der Waals surface area contributed by atoms with E-state index in [-0.39, 0.29) is 11.2 Å². The molecular formula is C27H28FNO2. The van der Waals surface area contributed by atoms with Gasteiger partial charge in [0.05, 0.1) is 5.56 Å². The van der Waals surface area contributed by atoms with Gasteiger partial charge in [0, 0.05) is 13.1 Å². The van der Waals surface area contributed by atoms with E-state index in [4.69, 9.17) is 0 Å². The van der Waals surface area contributed by atoms with Crippen LogP contribution in [-0.4, -0.2) is 29.1 Å². The molecular weight excluding hydrogens is 389 g/mol. The Bertz CT molecular complexity index is 1080. The Balaban J connectivity index is 1.47. The van der Waals surface area contributed by atoms with Gasteiger partial charge in [-0.25, -0.2) is 9.18 Å². The summed E-state index contributed by atoms with van der Waals surface area (Å²) in [5, 5.41) is 9.36. The number of carbonyl (C=O) groups is 1. The molecule has 1 N–H and O–H groups in total. The van der Waals surface area contributed by atoms with Gasteiger partial charge in [-0.3, -0.25) is 4.90 Å². The molecule has 0 spiro atoms. The number of rotatable bonds is 5. The summed E-state index contributed by atoms with van der Waals surface area (Å²) in [4.78, 5) is 13.9. The monoisotopic (exact) mass is 417 g/mol. The lowest BCUT2D eigenvalue weighted by Gasteiger charge is -2.45. The van der Waals surface area contributed by atoms with Gasteiger partial charge in [0.1, 0.15) is 5.82 Å². The van der Waals surface area contributed by atoms with Crippen molar-refractivity contribution in [3.05, 3.63) is 95.3 Å². The number of halogens is 1. The molecule has 1 heterocycles. The third-order valence-corrected chi connectivity index (χ3v) is 6.85. The molecule has 3 nitrogen and oxygen atoms in total. The molecule has 0 saturated carbocycles. The molecule has 0 aromatic heterocycles. The Labute approximate surface area is 183 Å². The Hall–Kier alpha value is -2.98. The van der Waals surface area contributed by atoms with Gasteiger partial charge in [-0.05, 0) is 76.9 Å². The van der Waals surface area contributed by atoms with Gasteiger partial charge in [-0.15, -0.1) is 0 Å². The predicted octanol–water partition coefficient (Wildman–Crippen LogP) is 5.99. The second kappa shape index (κ2) is 8.64. The lowest BCUT2D eigenvalue weighted by atomic mass is 9.68. The van der Waals surface area contributed by atoms with Crippen molar-refractivity contribution in [2.24, 2.45) is 5.92 Å². The zero-order chi connectivity index (χ0) is 22.0. The molecule has 3 aromatic rings. The van der Waals surface area contributed by atoms with Crippen LogP contribution in [0.1, 0.15) is 41.8 Å². The third kappa shape index (κ3) is 4.54. The standard InChI is InChI=1S/C27H28FNO2/c1-19-17-29(14-13-27(19,2)24-8-4-7-23(16-24)26(30)31)18-20-5-3-6-22(15-20)21-9-11-25(28)12-10-21/h3-12,15-16,19H,13-14,17-18H2,1-2H3,(H,30,31). The van der Waals surface area contributed by atoms with Gasteiger partial charge in [0.2, 0.25) is 0 Å². The van der Waals surface area contributed by atoms with E-state index in [1.54, 1.807) is 6.07 Å². The van der Waals surface area contributed by atoms with Gasteiger partial charge >= 0.3 is 5.97 Å². The largest absolute Gasteiger partial charge is 0.478 e. The lowest BCUT2D eigenvalue weighted by molar-refractivity contribution is 0.0696. The minimum Gasteiger partial charge on any atom is -0.478 e. The van der Waals surface area contributed by atoms with Gasteiger partial charge < -0.3 is 5.11 Å². The highest BCUT2D eigenvalue weighted by atomic mass is 19.1. The fourth-order valence-electron chi connectivity index (χ4n) is 4.65. The van der Waals surface area contributed by atoms with E-state index in [1.165, 1.54) is 17.7 Å². The van der Waals surface area contributed by atoms with Crippen LogP contribution < -0.4 is 0 Å². The number of aromatic carboxylic acids is 1. The van der Waals surface area contributed by atoms with E-state index in [1.807, 2.05) is 24.3 Å². The van der Waals surface area contributed by atoms with E-state index >= 15 is 0 Å². The lowest BCUT2D eigenvalue weighted by Crippen LogP contribution is -2.47. The zero-order valence-electron chi connectivity index (χ0n) is 18.0. The molecule has 1 aliphatic rings. The molecule has 0 amide bonds. The molecule has 1 saturated heterocycles. The minimum absolute atomic E-state index is 0.0437. The van der Waals surface area contributed by atoms with Crippen LogP contribution in [0.2, 0.25) is 0 Å². The van der Waals surface area contributed by atoms with E-state index in [2.05, 4.69) is 49.1 Å². The average molecular weight is 418 g/mol. The highest BCUT2D eigenvalue weighted by Crippen LogP contribution is 2.40. The van der Waals surface area contributed by atoms with Crippen LogP contribution in [0.15, 0.2) is 72.8 Å². The zero-order valence-corrected chi connectivity index (χ0v) is 18.0. The molecule has 3 aromatic carbocycles. The Morgan fingerprint density at radius 3 is 2.52 bits per heavy atom. The maximum absolute atomic E-state index is 13.2. The van der Waals surface area contributed by atoms with Gasteiger partial charge in [-0.2, -0.15) is 0 Å². The Morgan fingerprint density at radius 1 is 1.06 bits per heavy atom. The molecule has 2 atom stereocenters. The average Bonchev–Trinajstić information content (AvgIpc) is 2.77. The second-order valence-corrected chi connectivity index (χ2v) is 8.90. The number of hydrogen-bond acceptors (Lipinski definition) is 2. The van der Waals surface area contributed by atoms with Crippen molar-refractivity contribution in [1.29, 1.82) is 0 Å². The van der Waals surface area contributed by atoms with Crippen molar-refractivity contribution < 1.29 is 14.3 Å². The van der Waals surface area contributed by atoms with E-state index in [0.717, 1.165) is 42.7 Å². The van der Waals surface area contributed by atoms with Crippen molar-refractivity contribution in [1.82, 2.24) is 4.90 Å². The maximum atomic E-state index is 13.2. The Morgan fingerprint density at radius 2 is 1.81 bits per heavy atom. The highest BCUT2D eigenvalue weighted by molar-refractivity contribution is 5.87. The summed E-state index contributed by atoms with van der Waals surface area (Å²) in [5.74, 6) is -0.707. The SMILES string of the molecule is CC1CN(Cc2cccc(-c3ccc(F)cc3)c2)CCC1(C)c1cccc(C(=O)O)c1. The van der Waals surface area contributed by atoms with Crippen molar-refractivity contribution in [3.8, 4) is 11.1 Å². The van der Waals surface area contributed by atoms with Crippen molar-refractivity contribution in [2.75, 3.05) is 13.1 Å². The first-order valence-corrected chi connectivity index (χ1v) is 10.8. The summed E-state index contributed by atoms with van der Waals surface area (Å²) in [6.45, 7) is 7.29. The second-order valence-electron chi connectivity index (χ2n) is 8.90. The van der Waals surface area contributed by atoms with Crippen LogP contribution in [0.4, 0.5) is 4.39 Å². The van der Waals surface area contributed by atoms with E-state index in [0.29, 0.717) is 11.5 Å². The van der Waals surface area contributed by atoms with Crippen molar-refractivity contribution in [3.63, 3.8) is 0 Å². The quantitative estimate of drug-likeness (QED) is 0.554. The summed E-state index contributed by atoms with van der Waals surface area (Å²) in [5.41, 5.74) is 4.77. The molecule has 4 heteroatoms. The smallest absolute Gasteiger partial charge is 0.335 e.